The van der Waals surface area contributed by atoms with Gasteiger partial charge in [-0.25, -0.2) is 0 Å². The van der Waals surface area contributed by atoms with E-state index in [0.29, 0.717) is 5.75 Å². The average molecular weight is 290 g/mol. The molecule has 1 aromatic rings. The van der Waals surface area contributed by atoms with E-state index >= 15 is 0 Å². The number of carbonyl (C=O) groups is 1. The highest BCUT2D eigenvalue weighted by Gasteiger charge is 2.20. The minimum absolute atomic E-state index is 0.0315. The van der Waals surface area contributed by atoms with E-state index < -0.39 is 0 Å². The van der Waals surface area contributed by atoms with Crippen LogP contribution in [0.3, 0.4) is 0 Å². The third-order valence-corrected chi connectivity index (χ3v) is 3.53. The van der Waals surface area contributed by atoms with Crippen molar-refractivity contribution in [1.82, 2.24) is 9.80 Å². The van der Waals surface area contributed by atoms with Gasteiger partial charge in [-0.2, -0.15) is 0 Å². The molecule has 1 fully saturated rings. The molecule has 1 aromatic carbocycles. The number of benzene rings is 1. The van der Waals surface area contributed by atoms with Crippen molar-refractivity contribution in [3.8, 4) is 11.5 Å². The van der Waals surface area contributed by atoms with Crippen molar-refractivity contribution in [3.63, 3.8) is 0 Å². The third-order valence-electron chi connectivity index (χ3n) is 3.53. The molecule has 114 valence electrons. The van der Waals surface area contributed by atoms with Gasteiger partial charge in [-0.15, -0.1) is 6.58 Å². The van der Waals surface area contributed by atoms with E-state index in [1.807, 2.05) is 23.1 Å². The van der Waals surface area contributed by atoms with Crippen LogP contribution in [0.4, 0.5) is 0 Å². The Morgan fingerprint density at radius 2 is 1.81 bits per heavy atom. The maximum absolute atomic E-state index is 12.1. The van der Waals surface area contributed by atoms with E-state index in [0.717, 1.165) is 38.5 Å². The standard InChI is InChI=1S/C16H22N2O3/c1-3-8-17-9-11-18(12-10-17)16(19)13-21-15-6-4-14(20-2)5-7-15/h3-7H,1,8-13H2,2H3. The van der Waals surface area contributed by atoms with Crippen molar-refractivity contribution in [2.75, 3.05) is 46.4 Å². The number of ether oxygens (including phenoxy) is 2. The monoisotopic (exact) mass is 290 g/mol. The summed E-state index contributed by atoms with van der Waals surface area (Å²) < 4.78 is 10.6. The van der Waals surface area contributed by atoms with E-state index in [1.165, 1.54) is 0 Å². The molecule has 0 bridgehead atoms. The highest BCUT2D eigenvalue weighted by molar-refractivity contribution is 5.77. The van der Waals surface area contributed by atoms with Crippen molar-refractivity contribution in [1.29, 1.82) is 0 Å². The molecule has 1 heterocycles. The summed E-state index contributed by atoms with van der Waals surface area (Å²) in [4.78, 5) is 16.2. The molecule has 1 amide bonds. The van der Waals surface area contributed by atoms with E-state index in [2.05, 4.69) is 11.5 Å². The van der Waals surface area contributed by atoms with Crippen LogP contribution in [0.15, 0.2) is 36.9 Å². The van der Waals surface area contributed by atoms with Gasteiger partial charge in [0.05, 0.1) is 7.11 Å². The van der Waals surface area contributed by atoms with Gasteiger partial charge in [0.1, 0.15) is 11.5 Å². The SMILES string of the molecule is C=CCN1CCN(C(=O)COc2ccc(OC)cc2)CC1. The van der Waals surface area contributed by atoms with Crippen LogP contribution < -0.4 is 9.47 Å². The molecule has 0 aliphatic carbocycles. The summed E-state index contributed by atoms with van der Waals surface area (Å²) in [6.07, 6.45) is 1.89. The van der Waals surface area contributed by atoms with Crippen molar-refractivity contribution < 1.29 is 14.3 Å². The first-order chi connectivity index (χ1) is 10.2. The molecular weight excluding hydrogens is 268 g/mol. The number of piperazine rings is 1. The summed E-state index contributed by atoms with van der Waals surface area (Å²) >= 11 is 0. The first-order valence-electron chi connectivity index (χ1n) is 7.11. The molecule has 5 nitrogen and oxygen atoms in total. The van der Waals surface area contributed by atoms with Gasteiger partial charge in [-0.1, -0.05) is 6.08 Å². The van der Waals surface area contributed by atoms with Gasteiger partial charge >= 0.3 is 0 Å². The second-order valence-electron chi connectivity index (χ2n) is 4.93. The predicted molar refractivity (Wildman–Crippen MR) is 81.7 cm³/mol. The summed E-state index contributed by atoms with van der Waals surface area (Å²) in [5.41, 5.74) is 0. The number of amides is 1. The van der Waals surface area contributed by atoms with Crippen molar-refractivity contribution >= 4 is 5.91 Å². The molecule has 1 saturated heterocycles. The average Bonchev–Trinajstić information content (AvgIpc) is 2.54. The Balaban J connectivity index is 1.75. The van der Waals surface area contributed by atoms with Crippen LogP contribution in [0.1, 0.15) is 0 Å². The fourth-order valence-corrected chi connectivity index (χ4v) is 2.27. The van der Waals surface area contributed by atoms with Gasteiger partial charge in [-0.05, 0) is 24.3 Å². The number of carbonyl (C=O) groups excluding carboxylic acids is 1. The number of nitrogens with zero attached hydrogens (tertiary/aromatic N) is 2. The lowest BCUT2D eigenvalue weighted by Crippen LogP contribution is -2.49. The topological polar surface area (TPSA) is 42.0 Å². The smallest absolute Gasteiger partial charge is 0.260 e. The van der Waals surface area contributed by atoms with E-state index in [1.54, 1.807) is 19.2 Å². The second kappa shape index (κ2) is 7.69. The van der Waals surface area contributed by atoms with Crippen LogP contribution in [-0.2, 0) is 4.79 Å². The zero-order chi connectivity index (χ0) is 15.1. The normalized spacial score (nSPS) is 15.6. The highest BCUT2D eigenvalue weighted by atomic mass is 16.5. The Morgan fingerprint density at radius 1 is 1.19 bits per heavy atom. The summed E-state index contributed by atoms with van der Waals surface area (Å²) in [5, 5.41) is 0. The quantitative estimate of drug-likeness (QED) is 0.743. The van der Waals surface area contributed by atoms with Gasteiger partial charge in [0.25, 0.3) is 5.91 Å². The molecule has 1 aliphatic rings. The molecule has 0 saturated carbocycles. The zero-order valence-corrected chi connectivity index (χ0v) is 12.5. The lowest BCUT2D eigenvalue weighted by molar-refractivity contribution is -0.135. The molecule has 0 unspecified atom stereocenters. The van der Waals surface area contributed by atoms with Crippen LogP contribution in [0.5, 0.6) is 11.5 Å². The molecule has 0 N–H and O–H groups in total. The molecule has 0 aromatic heterocycles. The highest BCUT2D eigenvalue weighted by Crippen LogP contribution is 2.17. The molecule has 5 heteroatoms. The van der Waals surface area contributed by atoms with Gasteiger partial charge in [0.2, 0.25) is 0 Å². The van der Waals surface area contributed by atoms with Gasteiger partial charge in [0.15, 0.2) is 6.61 Å². The van der Waals surface area contributed by atoms with Crippen LogP contribution in [0.25, 0.3) is 0 Å². The molecular formula is C16H22N2O3. The first-order valence-corrected chi connectivity index (χ1v) is 7.11. The Bertz CT molecular complexity index is 465. The molecule has 0 spiro atoms. The van der Waals surface area contributed by atoms with Crippen molar-refractivity contribution in [3.05, 3.63) is 36.9 Å². The number of methoxy groups -OCH3 is 1. The van der Waals surface area contributed by atoms with Crippen molar-refractivity contribution in [2.24, 2.45) is 0 Å². The van der Waals surface area contributed by atoms with Crippen LogP contribution in [0, 0.1) is 0 Å². The van der Waals surface area contributed by atoms with Crippen LogP contribution in [-0.4, -0.2) is 62.1 Å². The van der Waals surface area contributed by atoms with Crippen LogP contribution >= 0.6 is 0 Å². The molecule has 1 aliphatic heterocycles. The lowest BCUT2D eigenvalue weighted by atomic mass is 10.3. The Labute approximate surface area is 125 Å². The number of rotatable bonds is 6. The van der Waals surface area contributed by atoms with E-state index in [-0.39, 0.29) is 12.5 Å². The summed E-state index contributed by atoms with van der Waals surface area (Å²) in [6.45, 7) is 7.97. The Hall–Kier alpha value is -2.01. The van der Waals surface area contributed by atoms with Crippen LogP contribution in [0.2, 0.25) is 0 Å². The maximum atomic E-state index is 12.1. The maximum Gasteiger partial charge on any atom is 0.260 e. The second-order valence-corrected chi connectivity index (χ2v) is 4.93. The van der Waals surface area contributed by atoms with Gasteiger partial charge < -0.3 is 14.4 Å². The lowest BCUT2D eigenvalue weighted by Gasteiger charge is -2.34. The van der Waals surface area contributed by atoms with Gasteiger partial charge in [0, 0.05) is 32.7 Å². The molecule has 0 atom stereocenters. The summed E-state index contributed by atoms with van der Waals surface area (Å²) in [6, 6.07) is 7.23. The Kier molecular flexibility index (Phi) is 5.63. The number of hydrogen-bond acceptors (Lipinski definition) is 4. The molecule has 0 radical (unpaired) electrons. The predicted octanol–water partition coefficient (Wildman–Crippen LogP) is 1.40. The van der Waals surface area contributed by atoms with E-state index in [9.17, 15) is 4.79 Å². The molecule has 2 rings (SSSR count). The summed E-state index contributed by atoms with van der Waals surface area (Å²) in [7, 11) is 1.62. The zero-order valence-electron chi connectivity index (χ0n) is 12.5. The Morgan fingerprint density at radius 3 is 2.38 bits per heavy atom. The fourth-order valence-electron chi connectivity index (χ4n) is 2.27. The summed E-state index contributed by atoms with van der Waals surface area (Å²) in [5.74, 6) is 1.48. The fraction of sp³-hybridized carbons (Fsp3) is 0.438. The van der Waals surface area contributed by atoms with Crippen molar-refractivity contribution in [2.45, 2.75) is 0 Å². The minimum atomic E-state index is 0.0315. The largest absolute Gasteiger partial charge is 0.497 e. The van der Waals surface area contributed by atoms with Gasteiger partial charge in [-0.3, -0.25) is 9.69 Å². The molecule has 21 heavy (non-hydrogen) atoms. The van der Waals surface area contributed by atoms with E-state index in [4.69, 9.17) is 9.47 Å². The number of hydrogen-bond donors (Lipinski definition) is 0. The third kappa shape index (κ3) is 4.49. The first kappa shape index (κ1) is 15.4. The minimum Gasteiger partial charge on any atom is -0.497 e.